The van der Waals surface area contributed by atoms with Gasteiger partial charge in [-0.3, -0.25) is 0 Å². The summed E-state index contributed by atoms with van der Waals surface area (Å²) in [5, 5.41) is 0. The molecule has 0 bridgehead atoms. The van der Waals surface area contributed by atoms with Crippen molar-refractivity contribution < 1.29 is 4.74 Å². The molecule has 0 saturated heterocycles. The van der Waals surface area contributed by atoms with Gasteiger partial charge in [-0.2, -0.15) is 4.98 Å². The highest BCUT2D eigenvalue weighted by atomic mass is 16.5. The van der Waals surface area contributed by atoms with Crippen LogP contribution < -0.4 is 4.74 Å². The molecule has 0 aliphatic rings. The van der Waals surface area contributed by atoms with E-state index in [4.69, 9.17) is 4.74 Å². The van der Waals surface area contributed by atoms with Crippen LogP contribution in [0.1, 0.15) is 26.5 Å². The Morgan fingerprint density at radius 1 is 1.00 bits per heavy atom. The molecule has 0 unspecified atom stereocenters. The van der Waals surface area contributed by atoms with Crippen LogP contribution in [0.3, 0.4) is 0 Å². The fraction of sp³-hybridized carbons (Fsp3) is 0.385. The monoisotopic (exact) mass is 244 g/mol. The molecule has 0 saturated carbocycles. The van der Waals surface area contributed by atoms with Gasteiger partial charge in [0.1, 0.15) is 0 Å². The minimum absolute atomic E-state index is 0.0836. The van der Waals surface area contributed by atoms with Crippen LogP contribution in [0.5, 0.6) is 5.88 Å². The van der Waals surface area contributed by atoms with Crippen molar-refractivity contribution in [2.24, 2.45) is 0 Å². The Kier molecular flexibility index (Phi) is 3.23. The zero-order valence-corrected chi connectivity index (χ0v) is 11.0. The Balaban J connectivity index is 2.55. The predicted molar refractivity (Wildman–Crippen MR) is 68.3 cm³/mol. The summed E-state index contributed by atoms with van der Waals surface area (Å²) in [6.07, 6.45) is 3.34. The zero-order chi connectivity index (χ0) is 13.2. The van der Waals surface area contributed by atoms with Gasteiger partial charge < -0.3 is 4.74 Å². The highest BCUT2D eigenvalue weighted by molar-refractivity contribution is 5.44. The van der Waals surface area contributed by atoms with E-state index in [2.05, 4.69) is 40.7 Å². The van der Waals surface area contributed by atoms with Crippen molar-refractivity contribution in [3.8, 4) is 17.5 Å². The van der Waals surface area contributed by atoms with Gasteiger partial charge in [-0.25, -0.2) is 15.0 Å². The fourth-order valence-electron chi connectivity index (χ4n) is 1.43. The van der Waals surface area contributed by atoms with Crippen molar-refractivity contribution in [1.29, 1.82) is 0 Å². The molecule has 5 heteroatoms. The first-order valence-corrected chi connectivity index (χ1v) is 5.71. The first-order valence-electron chi connectivity index (χ1n) is 5.71. The molecule has 0 atom stereocenters. The molecule has 94 valence electrons. The molecule has 0 fully saturated rings. The number of methoxy groups -OCH3 is 1. The van der Waals surface area contributed by atoms with Gasteiger partial charge in [0.15, 0.2) is 5.82 Å². The van der Waals surface area contributed by atoms with Gasteiger partial charge in [0, 0.05) is 23.9 Å². The number of hydrogen-bond acceptors (Lipinski definition) is 5. The van der Waals surface area contributed by atoms with E-state index in [0.29, 0.717) is 17.5 Å². The second kappa shape index (κ2) is 4.68. The molecule has 5 nitrogen and oxygen atoms in total. The van der Waals surface area contributed by atoms with Gasteiger partial charge in [-0.15, -0.1) is 0 Å². The second-order valence-electron chi connectivity index (χ2n) is 4.94. The maximum absolute atomic E-state index is 5.21. The Hall–Kier alpha value is -2.04. The van der Waals surface area contributed by atoms with Gasteiger partial charge in [-0.1, -0.05) is 20.8 Å². The lowest BCUT2D eigenvalue weighted by Gasteiger charge is -2.18. The van der Waals surface area contributed by atoms with Gasteiger partial charge in [0.2, 0.25) is 11.7 Å². The SMILES string of the molecule is COc1cc(C(C)(C)C)nc(-c2ncccn2)n1. The summed E-state index contributed by atoms with van der Waals surface area (Å²) in [4.78, 5) is 17.1. The Labute approximate surface area is 106 Å². The lowest BCUT2D eigenvalue weighted by Crippen LogP contribution is -2.15. The number of ether oxygens (including phenoxy) is 1. The highest BCUT2D eigenvalue weighted by Crippen LogP contribution is 2.25. The van der Waals surface area contributed by atoms with E-state index in [-0.39, 0.29) is 5.41 Å². The normalized spacial score (nSPS) is 11.3. The quantitative estimate of drug-likeness (QED) is 0.810. The number of nitrogens with zero attached hydrogens (tertiary/aromatic N) is 4. The van der Waals surface area contributed by atoms with E-state index in [1.165, 1.54) is 0 Å². The van der Waals surface area contributed by atoms with Crippen LogP contribution in [0.4, 0.5) is 0 Å². The lowest BCUT2D eigenvalue weighted by atomic mass is 9.92. The van der Waals surface area contributed by atoms with E-state index < -0.39 is 0 Å². The summed E-state index contributed by atoms with van der Waals surface area (Å²) < 4.78 is 5.21. The van der Waals surface area contributed by atoms with Crippen LogP contribution in [0, 0.1) is 0 Å². The van der Waals surface area contributed by atoms with Gasteiger partial charge in [-0.05, 0) is 6.07 Å². The molecule has 0 aromatic carbocycles. The summed E-state index contributed by atoms with van der Waals surface area (Å²) in [6, 6.07) is 3.60. The highest BCUT2D eigenvalue weighted by Gasteiger charge is 2.19. The number of rotatable bonds is 2. The Bertz CT molecular complexity index is 534. The van der Waals surface area contributed by atoms with Gasteiger partial charge >= 0.3 is 0 Å². The summed E-state index contributed by atoms with van der Waals surface area (Å²) in [5.74, 6) is 1.51. The van der Waals surface area contributed by atoms with Crippen LogP contribution in [-0.2, 0) is 5.41 Å². The van der Waals surface area contributed by atoms with Crippen molar-refractivity contribution in [3.05, 3.63) is 30.2 Å². The van der Waals surface area contributed by atoms with Crippen molar-refractivity contribution >= 4 is 0 Å². The second-order valence-corrected chi connectivity index (χ2v) is 4.94. The van der Waals surface area contributed by atoms with Crippen molar-refractivity contribution in [3.63, 3.8) is 0 Å². The summed E-state index contributed by atoms with van der Waals surface area (Å²) in [7, 11) is 1.59. The standard InChI is InChI=1S/C13H16N4O/c1-13(2,3)9-8-10(18-4)17-12(16-9)11-14-6-5-7-15-11/h5-8H,1-4H3. The molecule has 2 heterocycles. The average Bonchev–Trinajstić information content (AvgIpc) is 2.38. The molecule has 0 aliphatic heterocycles. The minimum atomic E-state index is -0.0836. The predicted octanol–water partition coefficient (Wildman–Crippen LogP) is 2.24. The first kappa shape index (κ1) is 12.4. The molecule has 0 amide bonds. The summed E-state index contributed by atoms with van der Waals surface area (Å²) >= 11 is 0. The molecule has 0 radical (unpaired) electrons. The van der Waals surface area contributed by atoms with Gasteiger partial charge in [0.05, 0.1) is 12.8 Å². The van der Waals surface area contributed by atoms with Crippen LogP contribution in [0.25, 0.3) is 11.6 Å². The molecule has 0 spiro atoms. The molecule has 18 heavy (non-hydrogen) atoms. The lowest BCUT2D eigenvalue weighted by molar-refractivity contribution is 0.394. The van der Waals surface area contributed by atoms with Crippen LogP contribution >= 0.6 is 0 Å². The molecule has 0 aliphatic carbocycles. The smallest absolute Gasteiger partial charge is 0.216 e. The molecule has 2 aromatic rings. The molecule has 2 aromatic heterocycles. The number of hydrogen-bond donors (Lipinski definition) is 0. The van der Waals surface area contributed by atoms with Crippen LogP contribution in [0.15, 0.2) is 24.5 Å². The molecule has 0 N–H and O–H groups in total. The van der Waals surface area contributed by atoms with Crippen LogP contribution in [-0.4, -0.2) is 27.0 Å². The zero-order valence-electron chi connectivity index (χ0n) is 11.0. The van der Waals surface area contributed by atoms with Gasteiger partial charge in [0.25, 0.3) is 0 Å². The third-order valence-corrected chi connectivity index (χ3v) is 2.45. The Morgan fingerprint density at radius 2 is 1.67 bits per heavy atom. The van der Waals surface area contributed by atoms with E-state index in [1.54, 1.807) is 25.6 Å². The fourth-order valence-corrected chi connectivity index (χ4v) is 1.43. The van der Waals surface area contributed by atoms with Crippen molar-refractivity contribution in [2.45, 2.75) is 26.2 Å². The maximum atomic E-state index is 5.21. The van der Waals surface area contributed by atoms with Crippen molar-refractivity contribution in [1.82, 2.24) is 19.9 Å². The first-order chi connectivity index (χ1) is 8.50. The summed E-state index contributed by atoms with van der Waals surface area (Å²) in [6.45, 7) is 6.26. The Morgan fingerprint density at radius 3 is 2.22 bits per heavy atom. The third kappa shape index (κ3) is 2.61. The van der Waals surface area contributed by atoms with E-state index in [1.807, 2.05) is 6.07 Å². The van der Waals surface area contributed by atoms with E-state index >= 15 is 0 Å². The van der Waals surface area contributed by atoms with Crippen molar-refractivity contribution in [2.75, 3.05) is 7.11 Å². The van der Waals surface area contributed by atoms with Crippen LogP contribution in [0.2, 0.25) is 0 Å². The third-order valence-electron chi connectivity index (χ3n) is 2.45. The molecular formula is C13H16N4O. The molecular weight excluding hydrogens is 228 g/mol. The largest absolute Gasteiger partial charge is 0.481 e. The topological polar surface area (TPSA) is 60.8 Å². The number of aromatic nitrogens is 4. The van der Waals surface area contributed by atoms with E-state index in [9.17, 15) is 0 Å². The maximum Gasteiger partial charge on any atom is 0.216 e. The average molecular weight is 244 g/mol. The minimum Gasteiger partial charge on any atom is -0.481 e. The van der Waals surface area contributed by atoms with E-state index in [0.717, 1.165) is 5.69 Å². The summed E-state index contributed by atoms with van der Waals surface area (Å²) in [5.41, 5.74) is 0.816. The molecule has 2 rings (SSSR count).